The Balaban J connectivity index is 1.57. The molecule has 1 N–H and O–H groups in total. The van der Waals surface area contributed by atoms with Gasteiger partial charge in [-0.25, -0.2) is 4.98 Å². The van der Waals surface area contributed by atoms with E-state index in [4.69, 9.17) is 0 Å². The first kappa shape index (κ1) is 15.9. The van der Waals surface area contributed by atoms with Crippen LogP contribution in [-0.4, -0.2) is 30.5 Å². The lowest BCUT2D eigenvalue weighted by Crippen LogP contribution is -2.43. The number of nitrogens with one attached hydrogen (secondary N) is 1. The van der Waals surface area contributed by atoms with Crippen LogP contribution in [0.1, 0.15) is 31.4 Å². The summed E-state index contributed by atoms with van der Waals surface area (Å²) in [7, 11) is 0. The van der Waals surface area contributed by atoms with Gasteiger partial charge in [-0.3, -0.25) is 4.79 Å². The van der Waals surface area contributed by atoms with Gasteiger partial charge in [-0.05, 0) is 43.7 Å². The molecule has 2 aliphatic rings. The smallest absolute Gasteiger partial charge is 0.224 e. The third-order valence-electron chi connectivity index (χ3n) is 5.20. The van der Waals surface area contributed by atoms with Crippen LogP contribution < -0.4 is 10.2 Å². The van der Waals surface area contributed by atoms with Crippen molar-refractivity contribution in [1.82, 2.24) is 10.3 Å². The van der Waals surface area contributed by atoms with Gasteiger partial charge in [-0.1, -0.05) is 18.2 Å². The Morgan fingerprint density at radius 1 is 1.32 bits per heavy atom. The molecule has 1 saturated heterocycles. The summed E-state index contributed by atoms with van der Waals surface area (Å²) in [5.74, 6) is 0.895. The molecular weight excluding hydrogens is 312 g/mol. The number of pyridine rings is 1. The van der Waals surface area contributed by atoms with E-state index in [-0.39, 0.29) is 11.8 Å². The number of hydrogen-bond acceptors (Lipinski definition) is 4. The molecule has 0 spiro atoms. The Kier molecular flexibility index (Phi) is 4.27. The van der Waals surface area contributed by atoms with E-state index in [1.807, 2.05) is 30.3 Å². The third-order valence-corrected chi connectivity index (χ3v) is 5.20. The second-order valence-corrected chi connectivity index (χ2v) is 7.13. The predicted molar refractivity (Wildman–Crippen MR) is 97.1 cm³/mol. The number of aromatic nitrogens is 1. The summed E-state index contributed by atoms with van der Waals surface area (Å²) in [5.41, 5.74) is 2.27. The zero-order valence-electron chi connectivity index (χ0n) is 14.2. The normalized spacial score (nSPS) is 20.3. The van der Waals surface area contributed by atoms with Crippen LogP contribution in [-0.2, 0) is 4.79 Å². The molecule has 4 rings (SSSR count). The number of carbonyl (C=O) groups is 1. The molecule has 128 valence electrons. The molecule has 5 nitrogen and oxygen atoms in total. The SMILES string of the molecule is N#Cc1cc(N2CCC[C@H](C(=O)NCC3CC3)C2)c2ccccc2n1. The minimum Gasteiger partial charge on any atom is -0.370 e. The number of amides is 1. The highest BCUT2D eigenvalue weighted by molar-refractivity contribution is 5.92. The number of nitrogens with zero attached hydrogens (tertiary/aromatic N) is 3. The van der Waals surface area contributed by atoms with Gasteiger partial charge in [-0.15, -0.1) is 0 Å². The van der Waals surface area contributed by atoms with E-state index in [2.05, 4.69) is 21.3 Å². The standard InChI is InChI=1S/C20H22N4O/c21-11-16-10-19(17-5-1-2-6-18(17)23-16)24-9-3-4-15(13-24)20(25)22-12-14-7-8-14/h1-2,5-6,10,14-15H,3-4,7-9,12-13H2,(H,22,25)/t15-/m0/s1. The van der Waals surface area contributed by atoms with E-state index < -0.39 is 0 Å². The van der Waals surface area contributed by atoms with Crippen LogP contribution in [0, 0.1) is 23.2 Å². The maximum atomic E-state index is 12.5. The van der Waals surface area contributed by atoms with Crippen LogP contribution >= 0.6 is 0 Å². The van der Waals surface area contributed by atoms with Gasteiger partial charge in [0.15, 0.2) is 0 Å². The quantitative estimate of drug-likeness (QED) is 0.933. The molecule has 1 aromatic carbocycles. The zero-order valence-corrected chi connectivity index (χ0v) is 14.2. The summed E-state index contributed by atoms with van der Waals surface area (Å²) in [6, 6.07) is 11.9. The van der Waals surface area contributed by atoms with E-state index in [1.54, 1.807) is 0 Å². The summed E-state index contributed by atoms with van der Waals surface area (Å²) in [6.07, 6.45) is 4.41. The molecule has 2 fully saturated rings. The summed E-state index contributed by atoms with van der Waals surface area (Å²) in [5, 5.41) is 13.5. The van der Waals surface area contributed by atoms with Gasteiger partial charge < -0.3 is 10.2 Å². The molecule has 1 saturated carbocycles. The summed E-state index contributed by atoms with van der Waals surface area (Å²) in [4.78, 5) is 19.1. The van der Waals surface area contributed by atoms with Crippen LogP contribution in [0.4, 0.5) is 5.69 Å². The molecule has 1 aliphatic heterocycles. The fourth-order valence-electron chi connectivity index (χ4n) is 3.60. The molecule has 5 heteroatoms. The Morgan fingerprint density at radius 3 is 2.96 bits per heavy atom. The van der Waals surface area contributed by atoms with Gasteiger partial charge in [-0.2, -0.15) is 5.26 Å². The van der Waals surface area contributed by atoms with Crippen molar-refractivity contribution in [2.45, 2.75) is 25.7 Å². The second-order valence-electron chi connectivity index (χ2n) is 7.13. The van der Waals surface area contributed by atoms with E-state index in [1.165, 1.54) is 12.8 Å². The van der Waals surface area contributed by atoms with E-state index in [0.717, 1.165) is 42.5 Å². The van der Waals surface area contributed by atoms with Crippen molar-refractivity contribution in [1.29, 1.82) is 5.26 Å². The van der Waals surface area contributed by atoms with Crippen LogP contribution in [0.15, 0.2) is 30.3 Å². The molecule has 1 aromatic heterocycles. The van der Waals surface area contributed by atoms with Crippen molar-refractivity contribution in [3.8, 4) is 6.07 Å². The Hall–Kier alpha value is -2.61. The highest BCUT2D eigenvalue weighted by atomic mass is 16.1. The molecular formula is C20H22N4O. The van der Waals surface area contributed by atoms with Crippen molar-refractivity contribution in [2.75, 3.05) is 24.5 Å². The maximum Gasteiger partial charge on any atom is 0.224 e. The fraction of sp³-hybridized carbons (Fsp3) is 0.450. The first-order valence-electron chi connectivity index (χ1n) is 9.07. The monoisotopic (exact) mass is 334 g/mol. The largest absolute Gasteiger partial charge is 0.370 e. The topological polar surface area (TPSA) is 69.0 Å². The molecule has 0 unspecified atom stereocenters. The third kappa shape index (κ3) is 3.43. The van der Waals surface area contributed by atoms with Crippen molar-refractivity contribution in [3.63, 3.8) is 0 Å². The van der Waals surface area contributed by atoms with Crippen LogP contribution in [0.3, 0.4) is 0 Å². The zero-order chi connectivity index (χ0) is 17.2. The molecule has 1 amide bonds. The molecule has 0 bridgehead atoms. The lowest BCUT2D eigenvalue weighted by atomic mass is 9.96. The number of fused-ring (bicyclic) bond motifs is 1. The van der Waals surface area contributed by atoms with Crippen molar-refractivity contribution >= 4 is 22.5 Å². The fourth-order valence-corrected chi connectivity index (χ4v) is 3.60. The lowest BCUT2D eigenvalue weighted by molar-refractivity contribution is -0.125. The average Bonchev–Trinajstić information content (AvgIpc) is 3.49. The molecule has 1 aliphatic carbocycles. The van der Waals surface area contributed by atoms with Crippen molar-refractivity contribution in [3.05, 3.63) is 36.0 Å². The first-order valence-corrected chi connectivity index (χ1v) is 9.07. The van der Waals surface area contributed by atoms with Gasteiger partial charge in [0.25, 0.3) is 0 Å². The summed E-state index contributed by atoms with van der Waals surface area (Å²) < 4.78 is 0. The first-order chi connectivity index (χ1) is 12.2. The number of piperidine rings is 1. The number of para-hydroxylation sites is 1. The minimum absolute atomic E-state index is 0.0185. The number of rotatable bonds is 4. The number of hydrogen-bond donors (Lipinski definition) is 1. The second kappa shape index (κ2) is 6.72. The lowest BCUT2D eigenvalue weighted by Gasteiger charge is -2.34. The predicted octanol–water partition coefficient (Wildman–Crippen LogP) is 2.85. The van der Waals surface area contributed by atoms with Gasteiger partial charge in [0.05, 0.1) is 11.4 Å². The van der Waals surface area contributed by atoms with E-state index in [9.17, 15) is 10.1 Å². The van der Waals surface area contributed by atoms with Crippen molar-refractivity contribution in [2.24, 2.45) is 11.8 Å². The number of nitriles is 1. The molecule has 25 heavy (non-hydrogen) atoms. The molecule has 2 heterocycles. The Bertz CT molecular complexity index is 837. The van der Waals surface area contributed by atoms with Gasteiger partial charge in [0, 0.05) is 30.7 Å². The number of carbonyl (C=O) groups excluding carboxylic acids is 1. The van der Waals surface area contributed by atoms with Gasteiger partial charge >= 0.3 is 0 Å². The van der Waals surface area contributed by atoms with Gasteiger partial charge in [0.1, 0.15) is 11.8 Å². The minimum atomic E-state index is 0.0185. The molecule has 0 radical (unpaired) electrons. The highest BCUT2D eigenvalue weighted by Gasteiger charge is 2.29. The number of benzene rings is 1. The maximum absolute atomic E-state index is 12.5. The van der Waals surface area contributed by atoms with E-state index >= 15 is 0 Å². The summed E-state index contributed by atoms with van der Waals surface area (Å²) >= 11 is 0. The van der Waals surface area contributed by atoms with Gasteiger partial charge in [0.2, 0.25) is 5.91 Å². The average molecular weight is 334 g/mol. The van der Waals surface area contributed by atoms with E-state index in [0.29, 0.717) is 18.2 Å². The Morgan fingerprint density at radius 2 is 2.16 bits per heavy atom. The highest BCUT2D eigenvalue weighted by Crippen LogP contribution is 2.31. The van der Waals surface area contributed by atoms with Crippen molar-refractivity contribution < 1.29 is 4.79 Å². The van der Waals surface area contributed by atoms with Crippen LogP contribution in [0.5, 0.6) is 0 Å². The number of anilines is 1. The molecule has 1 atom stereocenters. The van der Waals surface area contributed by atoms with Crippen LogP contribution in [0.2, 0.25) is 0 Å². The summed E-state index contributed by atoms with van der Waals surface area (Å²) in [6.45, 7) is 2.44. The van der Waals surface area contributed by atoms with Crippen LogP contribution in [0.25, 0.3) is 10.9 Å². The Labute approximate surface area is 147 Å². The molecule has 2 aromatic rings.